The van der Waals surface area contributed by atoms with Crippen LogP contribution in [0.15, 0.2) is 24.3 Å². The predicted octanol–water partition coefficient (Wildman–Crippen LogP) is 2.69. The monoisotopic (exact) mass is 372 g/mol. The fraction of sp³-hybridized carbons (Fsp3) is 0.158. The first kappa shape index (κ1) is 19.6. The zero-order valence-corrected chi connectivity index (χ0v) is 14.4. The Balaban J connectivity index is 2.60. The van der Waals surface area contributed by atoms with Crippen LogP contribution in [-0.2, 0) is 6.42 Å². The molecule has 0 radical (unpaired) electrons. The molecule has 4 N–H and O–H groups in total. The number of rotatable bonds is 6. The zero-order valence-electron chi connectivity index (χ0n) is 14.4. The van der Waals surface area contributed by atoms with E-state index in [0.29, 0.717) is 22.3 Å². The maximum absolute atomic E-state index is 11.4. The van der Waals surface area contributed by atoms with E-state index in [-0.39, 0.29) is 28.7 Å². The van der Waals surface area contributed by atoms with E-state index in [1.165, 1.54) is 24.3 Å². The molecule has 0 unspecified atom stereocenters. The third-order valence-corrected chi connectivity index (χ3v) is 4.25. The minimum absolute atomic E-state index is 0.123. The van der Waals surface area contributed by atoms with E-state index in [4.69, 9.17) is 10.2 Å². The van der Waals surface area contributed by atoms with Crippen LogP contribution in [0.1, 0.15) is 63.7 Å². The number of hydrogen-bond acceptors (Lipinski definition) is 4. The Bertz CT molecular complexity index is 908. The SMILES string of the molecule is Cc1cc(C(=O)O)c(C(=O)O)cc1Cc1cc(C(=O)O)c(C(=O)O)cc1C. The molecule has 0 bridgehead atoms. The Morgan fingerprint density at radius 2 is 0.852 bits per heavy atom. The summed E-state index contributed by atoms with van der Waals surface area (Å²) in [4.78, 5) is 45.2. The van der Waals surface area contributed by atoms with Crippen LogP contribution in [0.5, 0.6) is 0 Å². The van der Waals surface area contributed by atoms with Gasteiger partial charge in [-0.15, -0.1) is 0 Å². The largest absolute Gasteiger partial charge is 0.478 e. The van der Waals surface area contributed by atoms with Gasteiger partial charge in [0.25, 0.3) is 0 Å². The highest BCUT2D eigenvalue weighted by Gasteiger charge is 2.21. The van der Waals surface area contributed by atoms with Crippen molar-refractivity contribution < 1.29 is 39.6 Å². The van der Waals surface area contributed by atoms with Crippen LogP contribution < -0.4 is 0 Å². The van der Waals surface area contributed by atoms with E-state index in [0.717, 1.165) is 0 Å². The number of aryl methyl sites for hydroxylation is 2. The summed E-state index contributed by atoms with van der Waals surface area (Å²) in [6, 6.07) is 4.98. The summed E-state index contributed by atoms with van der Waals surface area (Å²) < 4.78 is 0. The van der Waals surface area contributed by atoms with Gasteiger partial charge in [-0.05, 0) is 66.8 Å². The first-order valence-electron chi connectivity index (χ1n) is 7.73. The highest BCUT2D eigenvalue weighted by atomic mass is 16.4. The van der Waals surface area contributed by atoms with Gasteiger partial charge in [-0.2, -0.15) is 0 Å². The lowest BCUT2D eigenvalue weighted by molar-refractivity contribution is 0.0651. The van der Waals surface area contributed by atoms with Gasteiger partial charge < -0.3 is 20.4 Å². The normalized spacial score (nSPS) is 10.4. The van der Waals surface area contributed by atoms with Crippen LogP contribution in [0.3, 0.4) is 0 Å². The van der Waals surface area contributed by atoms with Crippen molar-refractivity contribution in [2.24, 2.45) is 0 Å². The number of carboxylic acids is 4. The number of benzene rings is 2. The smallest absolute Gasteiger partial charge is 0.336 e. The minimum Gasteiger partial charge on any atom is -0.478 e. The Morgan fingerprint density at radius 3 is 1.11 bits per heavy atom. The van der Waals surface area contributed by atoms with E-state index in [9.17, 15) is 29.4 Å². The molecule has 0 heterocycles. The standard InChI is InChI=1S/C19H16O8/c1-8-3-12(16(20)21)14(18(24)25)6-10(8)5-11-7-15(19(26)27)13(17(22)23)4-9(11)2/h3-4,6-7H,5H2,1-2H3,(H,20,21)(H,22,23)(H,24,25)(H,26,27). The van der Waals surface area contributed by atoms with Gasteiger partial charge >= 0.3 is 23.9 Å². The molecule has 140 valence electrons. The van der Waals surface area contributed by atoms with Gasteiger partial charge in [0, 0.05) is 0 Å². The van der Waals surface area contributed by atoms with E-state index in [1.807, 2.05) is 0 Å². The van der Waals surface area contributed by atoms with Gasteiger partial charge in [-0.3, -0.25) is 0 Å². The molecule has 0 aromatic heterocycles. The van der Waals surface area contributed by atoms with Crippen molar-refractivity contribution in [3.8, 4) is 0 Å². The topological polar surface area (TPSA) is 149 Å². The summed E-state index contributed by atoms with van der Waals surface area (Å²) in [6.07, 6.45) is 0.123. The van der Waals surface area contributed by atoms with Crippen molar-refractivity contribution >= 4 is 23.9 Å². The fourth-order valence-electron chi connectivity index (χ4n) is 2.80. The summed E-state index contributed by atoms with van der Waals surface area (Å²) >= 11 is 0. The molecule has 0 atom stereocenters. The highest BCUT2D eigenvalue weighted by molar-refractivity contribution is 6.03. The Kier molecular flexibility index (Phi) is 5.30. The van der Waals surface area contributed by atoms with Crippen LogP contribution in [0.25, 0.3) is 0 Å². The van der Waals surface area contributed by atoms with Gasteiger partial charge in [-0.1, -0.05) is 0 Å². The second-order valence-electron chi connectivity index (χ2n) is 6.05. The maximum atomic E-state index is 11.4. The molecular formula is C19H16O8. The Morgan fingerprint density at radius 1 is 0.593 bits per heavy atom. The molecule has 2 aromatic carbocycles. The van der Waals surface area contributed by atoms with Crippen LogP contribution in [0.4, 0.5) is 0 Å². The predicted molar refractivity (Wildman–Crippen MR) is 93.0 cm³/mol. The zero-order chi connectivity index (χ0) is 20.5. The molecule has 0 aliphatic rings. The molecule has 0 spiro atoms. The number of hydrogen-bond donors (Lipinski definition) is 4. The van der Waals surface area contributed by atoms with Crippen molar-refractivity contribution in [3.05, 3.63) is 68.8 Å². The summed E-state index contributed by atoms with van der Waals surface area (Å²) in [5.41, 5.74) is 0.621. The number of carbonyl (C=O) groups is 4. The Labute approximate surface area is 153 Å². The molecule has 0 fully saturated rings. The van der Waals surface area contributed by atoms with Crippen molar-refractivity contribution in [2.45, 2.75) is 20.3 Å². The molecule has 0 saturated heterocycles. The Hall–Kier alpha value is -3.68. The van der Waals surface area contributed by atoms with E-state index < -0.39 is 23.9 Å². The summed E-state index contributed by atoms with van der Waals surface area (Å²) in [5.74, 6) is -5.51. The van der Waals surface area contributed by atoms with Crippen LogP contribution in [0, 0.1) is 13.8 Å². The lowest BCUT2D eigenvalue weighted by Crippen LogP contribution is -2.12. The van der Waals surface area contributed by atoms with E-state index in [1.54, 1.807) is 13.8 Å². The van der Waals surface area contributed by atoms with Gasteiger partial charge in [0.2, 0.25) is 0 Å². The van der Waals surface area contributed by atoms with Gasteiger partial charge in [0.05, 0.1) is 22.3 Å². The molecule has 8 nitrogen and oxygen atoms in total. The first-order chi connectivity index (χ1) is 12.5. The first-order valence-corrected chi connectivity index (χ1v) is 7.73. The van der Waals surface area contributed by atoms with Gasteiger partial charge in [-0.25, -0.2) is 19.2 Å². The number of carboxylic acid groups (broad SMARTS) is 4. The van der Waals surface area contributed by atoms with Gasteiger partial charge in [0.1, 0.15) is 0 Å². The van der Waals surface area contributed by atoms with Crippen molar-refractivity contribution in [1.29, 1.82) is 0 Å². The molecule has 0 amide bonds. The lowest BCUT2D eigenvalue weighted by atomic mass is 9.91. The minimum atomic E-state index is -1.39. The second-order valence-corrected chi connectivity index (χ2v) is 6.05. The van der Waals surface area contributed by atoms with Crippen LogP contribution >= 0.6 is 0 Å². The summed E-state index contributed by atoms with van der Waals surface area (Å²) in [6.45, 7) is 3.24. The molecular weight excluding hydrogens is 356 g/mol. The fourth-order valence-corrected chi connectivity index (χ4v) is 2.80. The third kappa shape index (κ3) is 3.95. The molecule has 8 heteroatoms. The van der Waals surface area contributed by atoms with Crippen molar-refractivity contribution in [2.75, 3.05) is 0 Å². The van der Waals surface area contributed by atoms with E-state index >= 15 is 0 Å². The van der Waals surface area contributed by atoms with Crippen molar-refractivity contribution in [3.63, 3.8) is 0 Å². The molecule has 2 aromatic rings. The second kappa shape index (κ2) is 7.28. The molecule has 0 saturated carbocycles. The van der Waals surface area contributed by atoms with Gasteiger partial charge in [0.15, 0.2) is 0 Å². The molecule has 2 rings (SSSR count). The average Bonchev–Trinajstić information content (AvgIpc) is 2.56. The molecule has 27 heavy (non-hydrogen) atoms. The molecule has 0 aliphatic heterocycles. The number of aromatic carboxylic acids is 4. The van der Waals surface area contributed by atoms with Crippen LogP contribution in [0.2, 0.25) is 0 Å². The lowest BCUT2D eigenvalue weighted by Gasteiger charge is -2.14. The van der Waals surface area contributed by atoms with E-state index in [2.05, 4.69) is 0 Å². The average molecular weight is 372 g/mol. The quantitative estimate of drug-likeness (QED) is 0.604. The van der Waals surface area contributed by atoms with Crippen LogP contribution in [-0.4, -0.2) is 44.3 Å². The summed E-state index contributed by atoms with van der Waals surface area (Å²) in [5, 5.41) is 36.8. The highest BCUT2D eigenvalue weighted by Crippen LogP contribution is 2.24. The van der Waals surface area contributed by atoms with Crippen molar-refractivity contribution in [1.82, 2.24) is 0 Å². The maximum Gasteiger partial charge on any atom is 0.336 e. The third-order valence-electron chi connectivity index (χ3n) is 4.25. The molecule has 0 aliphatic carbocycles. The summed E-state index contributed by atoms with van der Waals surface area (Å²) in [7, 11) is 0.